The van der Waals surface area contributed by atoms with E-state index in [4.69, 9.17) is 11.0 Å². The zero-order valence-electron chi connectivity index (χ0n) is 16.0. The lowest BCUT2D eigenvalue weighted by atomic mass is 10.4. The van der Waals surface area contributed by atoms with Gasteiger partial charge in [-0.1, -0.05) is 0 Å². The van der Waals surface area contributed by atoms with E-state index in [9.17, 15) is 13.8 Å². The van der Waals surface area contributed by atoms with Gasteiger partial charge in [-0.3, -0.25) is 18.1 Å². The van der Waals surface area contributed by atoms with Gasteiger partial charge in [0.05, 0.1) is 8.44 Å². The summed E-state index contributed by atoms with van der Waals surface area (Å²) < 4.78 is 72.7. The first-order valence-corrected chi connectivity index (χ1v) is 5.28. The molecule has 84 valence electrons. The Hall–Kier alpha value is -1.30. The van der Waals surface area contributed by atoms with Gasteiger partial charge in [-0.2, -0.15) is 0 Å². The van der Waals surface area contributed by atoms with Gasteiger partial charge in [0.2, 0.25) is 0 Å². The summed E-state index contributed by atoms with van der Waals surface area (Å²) in [5, 5.41) is -1.44. The van der Waals surface area contributed by atoms with E-state index in [0.717, 1.165) is 14.1 Å². The van der Waals surface area contributed by atoms with Gasteiger partial charge in [-0.15, -0.1) is 0 Å². The molecule has 0 N–H and O–H groups in total. The third kappa shape index (κ3) is 2.59. The molecule has 6 heteroatoms. The molecule has 0 aliphatic rings. The Morgan fingerprint density at radius 1 is 1.47 bits per heavy atom. The Morgan fingerprint density at radius 3 is 2.60 bits per heavy atom. The fourth-order valence-electron chi connectivity index (χ4n) is 0.907. The molecule has 5 nitrogen and oxygen atoms in total. The van der Waals surface area contributed by atoms with Gasteiger partial charge in [0.15, 0.2) is 0 Å². The third-order valence-electron chi connectivity index (χ3n) is 1.68. The van der Waals surface area contributed by atoms with Gasteiger partial charge in [0, 0.05) is 46.1 Å². The van der Waals surface area contributed by atoms with E-state index < -0.39 is 50.2 Å². The monoisotopic (exact) mass is 238 g/mol. The number of nitrogens with zero attached hydrogens (tertiary/aromatic N) is 2. The second-order valence-corrected chi connectivity index (χ2v) is 4.15. The van der Waals surface area contributed by atoms with Crippen molar-refractivity contribution in [1.82, 2.24) is 9.13 Å². The maximum Gasteiger partial charge on any atom is 0.330 e. The van der Waals surface area contributed by atoms with Gasteiger partial charge in [0.25, 0.3) is 5.56 Å². The minimum Gasteiger partial charge on any atom is -0.296 e. The normalized spacial score (nSPS) is 20.9. The van der Waals surface area contributed by atoms with Crippen molar-refractivity contribution in [3.63, 3.8) is 0 Å². The summed E-state index contributed by atoms with van der Waals surface area (Å²) >= 11 is 0. The van der Waals surface area contributed by atoms with Crippen molar-refractivity contribution < 1.29 is 15.2 Å². The molecular formula is C9H14N2O3S. The van der Waals surface area contributed by atoms with Crippen LogP contribution in [0.5, 0.6) is 0 Å². The largest absolute Gasteiger partial charge is 0.330 e. The fourth-order valence-corrected chi connectivity index (χ4v) is 1.37. The number of rotatable bonds is 1. The molecule has 0 saturated heterocycles. The number of aromatic nitrogens is 2. The first-order chi connectivity index (χ1) is 10.1. The number of hydrogen-bond donors (Lipinski definition) is 0. The van der Waals surface area contributed by atoms with E-state index >= 15 is 0 Å². The summed E-state index contributed by atoms with van der Waals surface area (Å²) in [5.41, 5.74) is -3.07. The summed E-state index contributed by atoms with van der Waals surface area (Å²) in [6, 6.07) is -0.985. The van der Waals surface area contributed by atoms with Gasteiger partial charge < -0.3 is 0 Å². The second-order valence-electron chi connectivity index (χ2n) is 2.84. The SMILES string of the molecule is [2H]C(c1c([2H])c(=O)n(C)c(=O)n1C)=S(=O)(C([2H])([2H])[2H])C([2H])([2H])[2H]. The maximum absolute atomic E-state index is 12.7. The molecule has 0 spiro atoms. The lowest BCUT2D eigenvalue weighted by Gasteiger charge is -2.06. The van der Waals surface area contributed by atoms with Gasteiger partial charge in [-0.25, -0.2) is 4.79 Å². The fraction of sp³-hybridized carbons (Fsp3) is 0.444. The molecule has 1 aromatic heterocycles. The van der Waals surface area contributed by atoms with E-state index in [-0.39, 0.29) is 0 Å². The van der Waals surface area contributed by atoms with Gasteiger partial charge >= 0.3 is 5.69 Å². The lowest BCUT2D eigenvalue weighted by molar-refractivity contribution is 0.680. The molecule has 0 atom stereocenters. The molecule has 0 aromatic carbocycles. The van der Waals surface area contributed by atoms with Crippen molar-refractivity contribution in [3.8, 4) is 0 Å². The molecule has 0 fully saturated rings. The molecule has 1 heterocycles. The standard InChI is InChI=1S/C9H14N2O3S/c1-10-7(6-15(3,4)14)5-8(12)11(2)9(10)13/h5-6H,1-4H3/i3D3,4D3,5D,6D. The van der Waals surface area contributed by atoms with E-state index in [1.807, 2.05) is 0 Å². The Morgan fingerprint density at radius 2 is 2.07 bits per heavy atom. The van der Waals surface area contributed by atoms with Crippen LogP contribution in [0.1, 0.15) is 16.7 Å². The summed E-state index contributed by atoms with van der Waals surface area (Å²) in [6.07, 6.45) is -7.17. The molecule has 0 amide bonds. The highest BCUT2D eigenvalue weighted by atomic mass is 32.2. The molecule has 0 radical (unpaired) electrons. The Bertz CT molecular complexity index is 825. The van der Waals surface area contributed by atoms with Gasteiger partial charge in [0.1, 0.15) is 0 Å². The Labute approximate surface area is 99.2 Å². The van der Waals surface area contributed by atoms with Crippen LogP contribution in [0.4, 0.5) is 0 Å². The maximum atomic E-state index is 12.7. The first-order valence-electron chi connectivity index (χ1n) is 7.73. The average molecular weight is 238 g/mol. The zero-order valence-corrected chi connectivity index (χ0v) is 8.84. The highest BCUT2D eigenvalue weighted by molar-refractivity contribution is 8.00. The molecular weight excluding hydrogens is 216 g/mol. The molecule has 1 rings (SSSR count). The Balaban J connectivity index is 4.24. The van der Waals surface area contributed by atoms with Crippen molar-refractivity contribution >= 4 is 14.9 Å². The van der Waals surface area contributed by atoms with E-state index in [1.54, 1.807) is 0 Å². The summed E-state index contributed by atoms with van der Waals surface area (Å²) in [7, 11) is -2.92. The highest BCUT2D eigenvalue weighted by Crippen LogP contribution is 1.88. The lowest BCUT2D eigenvalue weighted by Crippen LogP contribution is -2.38. The minimum absolute atomic E-state index is 0.533. The number of hydrogen-bond acceptors (Lipinski definition) is 3. The van der Waals surface area contributed by atoms with Gasteiger partial charge in [-0.05, 0) is 9.52 Å². The van der Waals surface area contributed by atoms with E-state index in [2.05, 4.69) is 0 Å². The smallest absolute Gasteiger partial charge is 0.296 e. The van der Waals surface area contributed by atoms with Crippen molar-refractivity contribution in [2.75, 3.05) is 12.4 Å². The molecule has 15 heavy (non-hydrogen) atoms. The predicted molar refractivity (Wildman–Crippen MR) is 62.1 cm³/mol. The average Bonchev–Trinajstić information content (AvgIpc) is 2.39. The summed E-state index contributed by atoms with van der Waals surface area (Å²) in [5.74, 6) is 0. The van der Waals surface area contributed by atoms with Crippen molar-refractivity contribution in [2.24, 2.45) is 14.1 Å². The van der Waals surface area contributed by atoms with Crippen LogP contribution in [0.2, 0.25) is 0 Å². The summed E-state index contributed by atoms with van der Waals surface area (Å²) in [4.78, 5) is 23.6. The van der Waals surface area contributed by atoms with Crippen LogP contribution in [-0.2, 0) is 23.6 Å². The van der Waals surface area contributed by atoms with Crippen LogP contribution in [0, 0.1) is 0 Å². The topological polar surface area (TPSA) is 61.1 Å². The third-order valence-corrected chi connectivity index (χ3v) is 2.16. The molecule has 0 bridgehead atoms. The zero-order chi connectivity index (χ0) is 18.5. The van der Waals surface area contributed by atoms with Crippen LogP contribution in [0.25, 0.3) is 0 Å². The van der Waals surface area contributed by atoms with E-state index in [1.165, 1.54) is 0 Å². The highest BCUT2D eigenvalue weighted by Gasteiger charge is 2.04. The minimum atomic E-state index is -4.99. The predicted octanol–water partition coefficient (Wildman–Crippen LogP) is -1.22. The first kappa shape index (κ1) is 4.69. The van der Waals surface area contributed by atoms with Crippen LogP contribution in [0.3, 0.4) is 0 Å². The van der Waals surface area contributed by atoms with Crippen LogP contribution < -0.4 is 11.2 Å². The molecule has 0 aliphatic heterocycles. The van der Waals surface area contributed by atoms with E-state index in [0.29, 0.717) is 9.13 Å². The summed E-state index contributed by atoms with van der Waals surface area (Å²) in [6.45, 7) is 0. The quantitative estimate of drug-likeness (QED) is 0.576. The Kier molecular flexibility index (Phi) is 1.15. The molecule has 0 saturated carbocycles. The van der Waals surface area contributed by atoms with Crippen molar-refractivity contribution in [3.05, 3.63) is 32.6 Å². The van der Waals surface area contributed by atoms with Crippen LogP contribution >= 0.6 is 0 Å². The second kappa shape index (κ2) is 3.69. The van der Waals surface area contributed by atoms with Crippen LogP contribution in [-0.4, -0.2) is 31.1 Å². The molecule has 0 aliphatic carbocycles. The van der Waals surface area contributed by atoms with Crippen molar-refractivity contribution in [2.45, 2.75) is 0 Å². The van der Waals surface area contributed by atoms with Crippen molar-refractivity contribution in [1.29, 1.82) is 0 Å². The molecule has 0 unspecified atom stereocenters. The van der Waals surface area contributed by atoms with Crippen LogP contribution in [0.15, 0.2) is 15.6 Å². The molecule has 1 aromatic rings.